The van der Waals surface area contributed by atoms with E-state index in [1.54, 1.807) is 6.20 Å². The van der Waals surface area contributed by atoms with Gasteiger partial charge in [0.05, 0.1) is 6.61 Å². The average molecular weight is 442 g/mol. The Balaban J connectivity index is 1.62. The van der Waals surface area contributed by atoms with E-state index in [0.29, 0.717) is 30.4 Å². The summed E-state index contributed by atoms with van der Waals surface area (Å²) in [4.78, 5) is 17.4. The number of pyridine rings is 1. The van der Waals surface area contributed by atoms with Gasteiger partial charge in [-0.25, -0.2) is 4.98 Å². The summed E-state index contributed by atoms with van der Waals surface area (Å²) in [6.07, 6.45) is 1.67. The molecular formula is C26H27N5O2. The molecule has 0 saturated carbocycles. The number of ether oxygens (including phenoxy) is 1. The summed E-state index contributed by atoms with van der Waals surface area (Å²) in [5.74, 6) is 1.02. The second-order valence-corrected chi connectivity index (χ2v) is 7.68. The molecule has 0 saturated heterocycles. The number of amides is 1. The smallest absolute Gasteiger partial charge is 0.247 e. The Kier molecular flexibility index (Phi) is 6.59. The molecule has 7 nitrogen and oxygen atoms in total. The zero-order valence-corrected chi connectivity index (χ0v) is 18.4. The first-order valence-corrected chi connectivity index (χ1v) is 10.8. The van der Waals surface area contributed by atoms with Crippen LogP contribution >= 0.6 is 0 Å². The highest BCUT2D eigenvalue weighted by Gasteiger charge is 2.21. The number of carbonyl (C=O) groups excluding carboxylic acids is 1. The minimum atomic E-state index is -0.636. The van der Waals surface area contributed by atoms with Gasteiger partial charge in [0.1, 0.15) is 17.6 Å². The fourth-order valence-electron chi connectivity index (χ4n) is 3.70. The summed E-state index contributed by atoms with van der Waals surface area (Å²) in [5, 5.41) is 8.19. The third-order valence-electron chi connectivity index (χ3n) is 5.29. The first kappa shape index (κ1) is 22.0. The topological polar surface area (TPSA) is 115 Å². The van der Waals surface area contributed by atoms with E-state index in [1.165, 1.54) is 0 Å². The van der Waals surface area contributed by atoms with Gasteiger partial charge in [-0.05, 0) is 72.0 Å². The number of nitrogens with one attached hydrogen (secondary N) is 2. The van der Waals surface area contributed by atoms with Crippen LogP contribution in [0.15, 0.2) is 79.0 Å². The SMILES string of the molecule is CCOc1cccc(C(Nc2ccc3c(N)nccc3c2)C(=O)NCc2cccc(N)c2)c1. The van der Waals surface area contributed by atoms with Gasteiger partial charge in [0.25, 0.3) is 0 Å². The molecule has 0 bridgehead atoms. The van der Waals surface area contributed by atoms with Crippen LogP contribution in [0.4, 0.5) is 17.2 Å². The maximum atomic E-state index is 13.3. The van der Waals surface area contributed by atoms with Crippen molar-refractivity contribution in [2.45, 2.75) is 19.5 Å². The number of nitrogen functional groups attached to an aromatic ring is 2. The van der Waals surface area contributed by atoms with Crippen molar-refractivity contribution in [1.82, 2.24) is 10.3 Å². The third-order valence-corrected chi connectivity index (χ3v) is 5.29. The Morgan fingerprint density at radius 1 is 1.03 bits per heavy atom. The van der Waals surface area contributed by atoms with Gasteiger partial charge >= 0.3 is 0 Å². The summed E-state index contributed by atoms with van der Waals surface area (Å²) in [6.45, 7) is 2.84. The van der Waals surface area contributed by atoms with Crippen molar-refractivity contribution in [2.24, 2.45) is 0 Å². The largest absolute Gasteiger partial charge is 0.494 e. The lowest BCUT2D eigenvalue weighted by Gasteiger charge is -2.21. The number of carbonyl (C=O) groups is 1. The second kappa shape index (κ2) is 9.91. The van der Waals surface area contributed by atoms with Crippen molar-refractivity contribution < 1.29 is 9.53 Å². The predicted molar refractivity (Wildman–Crippen MR) is 133 cm³/mol. The summed E-state index contributed by atoms with van der Waals surface area (Å²) >= 11 is 0. The number of hydrogen-bond acceptors (Lipinski definition) is 6. The van der Waals surface area contributed by atoms with Crippen LogP contribution < -0.4 is 26.8 Å². The van der Waals surface area contributed by atoms with Crippen LogP contribution in [0.3, 0.4) is 0 Å². The van der Waals surface area contributed by atoms with Crippen molar-refractivity contribution in [3.63, 3.8) is 0 Å². The molecule has 1 unspecified atom stereocenters. The fourth-order valence-corrected chi connectivity index (χ4v) is 3.70. The lowest BCUT2D eigenvalue weighted by atomic mass is 10.0. The number of fused-ring (bicyclic) bond motifs is 1. The van der Waals surface area contributed by atoms with Crippen LogP contribution in [0.25, 0.3) is 10.8 Å². The molecule has 0 aliphatic rings. The molecule has 6 N–H and O–H groups in total. The molecule has 4 rings (SSSR count). The van der Waals surface area contributed by atoms with Gasteiger partial charge in [-0.3, -0.25) is 4.79 Å². The molecular weight excluding hydrogens is 414 g/mol. The average Bonchev–Trinajstić information content (AvgIpc) is 2.81. The molecule has 4 aromatic rings. The molecule has 0 aliphatic carbocycles. The first-order valence-electron chi connectivity index (χ1n) is 10.8. The van der Waals surface area contributed by atoms with Crippen molar-refractivity contribution in [2.75, 3.05) is 23.4 Å². The monoisotopic (exact) mass is 441 g/mol. The highest BCUT2D eigenvalue weighted by Crippen LogP contribution is 2.27. The maximum absolute atomic E-state index is 13.3. The van der Waals surface area contributed by atoms with E-state index in [1.807, 2.05) is 79.7 Å². The van der Waals surface area contributed by atoms with Crippen LogP contribution in [0.5, 0.6) is 5.75 Å². The fraction of sp³-hybridized carbons (Fsp3) is 0.154. The maximum Gasteiger partial charge on any atom is 0.247 e. The van der Waals surface area contributed by atoms with Gasteiger partial charge < -0.3 is 26.8 Å². The highest BCUT2D eigenvalue weighted by molar-refractivity contribution is 5.94. The van der Waals surface area contributed by atoms with Gasteiger partial charge in [-0.15, -0.1) is 0 Å². The molecule has 1 aromatic heterocycles. The van der Waals surface area contributed by atoms with E-state index in [-0.39, 0.29) is 5.91 Å². The number of aromatic nitrogens is 1. The lowest BCUT2D eigenvalue weighted by Crippen LogP contribution is -2.33. The van der Waals surface area contributed by atoms with Gasteiger partial charge in [-0.2, -0.15) is 0 Å². The summed E-state index contributed by atoms with van der Waals surface area (Å²) in [5.41, 5.74) is 15.0. The van der Waals surface area contributed by atoms with E-state index in [2.05, 4.69) is 15.6 Å². The minimum absolute atomic E-state index is 0.166. The Morgan fingerprint density at radius 3 is 2.70 bits per heavy atom. The van der Waals surface area contributed by atoms with E-state index in [9.17, 15) is 4.79 Å². The zero-order chi connectivity index (χ0) is 23.2. The molecule has 0 radical (unpaired) electrons. The Labute approximate surface area is 192 Å². The lowest BCUT2D eigenvalue weighted by molar-refractivity contribution is -0.122. The highest BCUT2D eigenvalue weighted by atomic mass is 16.5. The standard InChI is InChI=1S/C26H27N5O2/c1-2-33-22-8-4-6-19(15-22)24(26(32)30-16-17-5-3-7-20(27)13-17)31-21-9-10-23-18(14-21)11-12-29-25(23)28/h3-15,24,31H,2,16,27H2,1H3,(H2,28,29)(H,30,32). The Hall–Kier alpha value is -4.26. The van der Waals surface area contributed by atoms with Gasteiger partial charge in [0.2, 0.25) is 5.91 Å². The molecule has 1 amide bonds. The Morgan fingerprint density at radius 2 is 1.88 bits per heavy atom. The van der Waals surface area contributed by atoms with E-state index >= 15 is 0 Å². The number of nitrogens with zero attached hydrogens (tertiary/aromatic N) is 1. The quantitative estimate of drug-likeness (QED) is 0.304. The third kappa shape index (κ3) is 5.33. The molecule has 168 valence electrons. The molecule has 3 aromatic carbocycles. The number of hydrogen-bond donors (Lipinski definition) is 4. The molecule has 0 spiro atoms. The Bertz CT molecular complexity index is 1270. The van der Waals surface area contributed by atoms with Crippen LogP contribution in [-0.4, -0.2) is 17.5 Å². The summed E-state index contributed by atoms with van der Waals surface area (Å²) in [6, 6.07) is 22.0. The zero-order valence-electron chi connectivity index (χ0n) is 18.4. The van der Waals surface area contributed by atoms with Gasteiger partial charge in [0.15, 0.2) is 0 Å². The number of benzene rings is 3. The molecule has 33 heavy (non-hydrogen) atoms. The van der Waals surface area contributed by atoms with Crippen LogP contribution in [0, 0.1) is 0 Å². The van der Waals surface area contributed by atoms with Crippen LogP contribution in [-0.2, 0) is 11.3 Å². The number of rotatable bonds is 8. The van der Waals surface area contributed by atoms with Gasteiger partial charge in [0, 0.05) is 29.5 Å². The molecule has 0 aliphatic heterocycles. The minimum Gasteiger partial charge on any atom is -0.494 e. The molecule has 1 atom stereocenters. The van der Waals surface area contributed by atoms with E-state index in [0.717, 1.165) is 27.6 Å². The van der Waals surface area contributed by atoms with E-state index in [4.69, 9.17) is 16.2 Å². The van der Waals surface area contributed by atoms with Crippen molar-refractivity contribution in [1.29, 1.82) is 0 Å². The number of nitrogens with two attached hydrogens (primary N) is 2. The molecule has 7 heteroatoms. The van der Waals surface area contributed by atoms with Crippen molar-refractivity contribution in [3.05, 3.63) is 90.1 Å². The van der Waals surface area contributed by atoms with E-state index < -0.39 is 6.04 Å². The van der Waals surface area contributed by atoms with Crippen molar-refractivity contribution in [3.8, 4) is 5.75 Å². The number of anilines is 3. The van der Waals surface area contributed by atoms with Crippen molar-refractivity contribution >= 4 is 33.9 Å². The van der Waals surface area contributed by atoms with Crippen LogP contribution in [0.2, 0.25) is 0 Å². The summed E-state index contributed by atoms with van der Waals surface area (Å²) in [7, 11) is 0. The first-order chi connectivity index (χ1) is 16.0. The predicted octanol–water partition coefficient (Wildman–Crippen LogP) is 4.27. The molecule has 1 heterocycles. The normalized spacial score (nSPS) is 11.7. The second-order valence-electron chi connectivity index (χ2n) is 7.68. The van der Waals surface area contributed by atoms with Crippen LogP contribution in [0.1, 0.15) is 24.1 Å². The summed E-state index contributed by atoms with van der Waals surface area (Å²) < 4.78 is 5.65. The molecule has 0 fully saturated rings. The van der Waals surface area contributed by atoms with Gasteiger partial charge in [-0.1, -0.05) is 24.3 Å².